The summed E-state index contributed by atoms with van der Waals surface area (Å²) < 4.78 is 11.8. The summed E-state index contributed by atoms with van der Waals surface area (Å²) in [5.74, 6) is 0. The van der Waals surface area contributed by atoms with Crippen molar-refractivity contribution < 1.29 is 4.21 Å². The first-order valence-electron chi connectivity index (χ1n) is 4.10. The summed E-state index contributed by atoms with van der Waals surface area (Å²) >= 11 is 0. The van der Waals surface area contributed by atoms with Crippen molar-refractivity contribution in [2.45, 2.75) is 11.8 Å². The van der Waals surface area contributed by atoms with Gasteiger partial charge in [-0.2, -0.15) is 0 Å². The Hall–Kier alpha value is -1.15. The first-order chi connectivity index (χ1) is 6.25. The van der Waals surface area contributed by atoms with E-state index in [-0.39, 0.29) is 0 Å². The minimum absolute atomic E-state index is 0.848. The molecule has 0 bridgehead atoms. The van der Waals surface area contributed by atoms with Crippen molar-refractivity contribution in [1.29, 1.82) is 0 Å². The Morgan fingerprint density at radius 1 is 1.38 bits per heavy atom. The molecule has 1 aliphatic rings. The highest BCUT2D eigenvalue weighted by atomic mass is 32.2. The van der Waals surface area contributed by atoms with Crippen LogP contribution in [0.25, 0.3) is 5.57 Å². The molecule has 13 heavy (non-hydrogen) atoms. The van der Waals surface area contributed by atoms with E-state index in [0.717, 1.165) is 20.9 Å². The van der Waals surface area contributed by atoms with Crippen LogP contribution in [0.5, 0.6) is 0 Å². The maximum atomic E-state index is 11.8. The smallest absolute Gasteiger partial charge is 0.0858 e. The number of rotatable bonds is 1. The van der Waals surface area contributed by atoms with E-state index >= 15 is 0 Å². The zero-order valence-electron chi connectivity index (χ0n) is 7.41. The number of allylic oxidation sites excluding steroid dienone is 2. The molecule has 0 fully saturated rings. The quantitative estimate of drug-likeness (QED) is 0.665. The Morgan fingerprint density at radius 3 is 2.69 bits per heavy atom. The van der Waals surface area contributed by atoms with Crippen molar-refractivity contribution in [3.63, 3.8) is 0 Å². The molecule has 66 valence electrons. The first kappa shape index (κ1) is 8.45. The van der Waals surface area contributed by atoms with E-state index < -0.39 is 10.8 Å². The summed E-state index contributed by atoms with van der Waals surface area (Å²) in [6, 6.07) is 7.78. The molecule has 0 radical (unpaired) electrons. The molecule has 1 heterocycles. The molecule has 1 atom stereocenters. The van der Waals surface area contributed by atoms with Gasteiger partial charge >= 0.3 is 0 Å². The molecule has 0 saturated carbocycles. The van der Waals surface area contributed by atoms with Crippen molar-refractivity contribution in [1.82, 2.24) is 0 Å². The molecule has 0 saturated heterocycles. The largest absolute Gasteiger partial charge is 0.249 e. The van der Waals surface area contributed by atoms with E-state index in [4.69, 9.17) is 0 Å². The maximum absolute atomic E-state index is 11.8. The van der Waals surface area contributed by atoms with Crippen LogP contribution in [0, 0.1) is 0 Å². The van der Waals surface area contributed by atoms with Crippen LogP contribution < -0.4 is 0 Å². The van der Waals surface area contributed by atoms with Crippen LogP contribution >= 0.6 is 0 Å². The van der Waals surface area contributed by atoms with E-state index in [9.17, 15) is 4.21 Å². The van der Waals surface area contributed by atoms with Gasteiger partial charge in [0, 0.05) is 4.91 Å². The number of hydrogen-bond acceptors (Lipinski definition) is 1. The Labute approximate surface area is 80.2 Å². The predicted octanol–water partition coefficient (Wildman–Crippen LogP) is 2.72. The molecule has 0 spiro atoms. The molecule has 0 N–H and O–H groups in total. The van der Waals surface area contributed by atoms with Crippen molar-refractivity contribution in [2.24, 2.45) is 0 Å². The lowest BCUT2D eigenvalue weighted by Crippen LogP contribution is -1.86. The average Bonchev–Trinajstić information content (AvgIpc) is 2.41. The highest BCUT2D eigenvalue weighted by molar-refractivity contribution is 7.90. The van der Waals surface area contributed by atoms with Crippen molar-refractivity contribution in [3.8, 4) is 0 Å². The van der Waals surface area contributed by atoms with Gasteiger partial charge in [0.2, 0.25) is 0 Å². The minimum Gasteiger partial charge on any atom is -0.249 e. The van der Waals surface area contributed by atoms with Crippen molar-refractivity contribution in [2.75, 3.05) is 0 Å². The van der Waals surface area contributed by atoms with Crippen LogP contribution in [0.1, 0.15) is 12.5 Å². The zero-order valence-corrected chi connectivity index (χ0v) is 8.23. The fraction of sp³-hybridized carbons (Fsp3) is 0.0909. The van der Waals surface area contributed by atoms with E-state index in [1.54, 1.807) is 6.08 Å². The third-order valence-electron chi connectivity index (χ3n) is 2.25. The summed E-state index contributed by atoms with van der Waals surface area (Å²) in [6.07, 6.45) is 1.69. The molecule has 1 nitrogen and oxygen atoms in total. The fourth-order valence-corrected chi connectivity index (χ4v) is 2.96. The number of fused-ring (bicyclic) bond motifs is 1. The van der Waals surface area contributed by atoms with E-state index in [0.29, 0.717) is 0 Å². The molecule has 2 rings (SSSR count). The van der Waals surface area contributed by atoms with Gasteiger partial charge in [0.05, 0.1) is 15.7 Å². The second-order valence-electron chi connectivity index (χ2n) is 2.96. The van der Waals surface area contributed by atoms with Gasteiger partial charge in [-0.3, -0.25) is 0 Å². The predicted molar refractivity (Wildman–Crippen MR) is 55.6 cm³/mol. The summed E-state index contributed by atoms with van der Waals surface area (Å²) in [5.41, 5.74) is 2.18. The molecular weight excluding hydrogens is 180 g/mol. The molecule has 0 aliphatic carbocycles. The van der Waals surface area contributed by atoms with E-state index in [1.165, 1.54) is 0 Å². The molecule has 1 unspecified atom stereocenters. The monoisotopic (exact) mass is 190 g/mol. The van der Waals surface area contributed by atoms with E-state index in [2.05, 4.69) is 6.58 Å². The van der Waals surface area contributed by atoms with Gasteiger partial charge in [0.1, 0.15) is 0 Å². The highest BCUT2D eigenvalue weighted by Gasteiger charge is 2.22. The summed E-state index contributed by atoms with van der Waals surface area (Å²) in [4.78, 5) is 1.76. The maximum Gasteiger partial charge on any atom is 0.0858 e. The SMILES string of the molecule is C=CC1=C(C)c2ccccc2S1=O. The zero-order chi connectivity index (χ0) is 9.42. The van der Waals surface area contributed by atoms with E-state index in [1.807, 2.05) is 31.2 Å². The lowest BCUT2D eigenvalue weighted by Gasteiger charge is -1.96. The minimum atomic E-state index is -1.00. The Morgan fingerprint density at radius 2 is 2.08 bits per heavy atom. The second kappa shape index (κ2) is 2.96. The van der Waals surface area contributed by atoms with Gasteiger partial charge in [-0.15, -0.1) is 0 Å². The van der Waals surface area contributed by atoms with Crippen molar-refractivity contribution in [3.05, 3.63) is 47.4 Å². The third-order valence-corrected chi connectivity index (χ3v) is 3.87. The van der Waals surface area contributed by atoms with Gasteiger partial charge in [0.25, 0.3) is 0 Å². The van der Waals surface area contributed by atoms with Crippen LogP contribution in [0.4, 0.5) is 0 Å². The second-order valence-corrected chi connectivity index (χ2v) is 4.38. The van der Waals surface area contributed by atoms with Crippen LogP contribution in [-0.2, 0) is 10.8 Å². The standard InChI is InChI=1S/C11H10OS/c1-3-10-8(2)9-6-4-5-7-11(9)13(10)12/h3-7H,1H2,2H3. The number of hydrogen-bond donors (Lipinski definition) is 0. The third kappa shape index (κ3) is 1.10. The average molecular weight is 190 g/mol. The van der Waals surface area contributed by atoms with Gasteiger partial charge in [-0.05, 0) is 24.1 Å². The number of benzene rings is 1. The van der Waals surface area contributed by atoms with Gasteiger partial charge in [0.15, 0.2) is 0 Å². The molecule has 2 heteroatoms. The lowest BCUT2D eigenvalue weighted by molar-refractivity contribution is 0.688. The summed E-state index contributed by atoms with van der Waals surface area (Å²) in [6.45, 7) is 5.66. The molecular formula is C11H10OS. The molecule has 0 aromatic heterocycles. The van der Waals surface area contributed by atoms with Crippen LogP contribution in [-0.4, -0.2) is 4.21 Å². The Balaban J connectivity index is 2.71. The fourth-order valence-electron chi connectivity index (χ4n) is 1.56. The normalized spacial score (nSPS) is 20.2. The lowest BCUT2D eigenvalue weighted by atomic mass is 10.1. The topological polar surface area (TPSA) is 17.1 Å². The van der Waals surface area contributed by atoms with Gasteiger partial charge in [-0.25, -0.2) is 4.21 Å². The first-order valence-corrected chi connectivity index (χ1v) is 5.25. The molecule has 0 amide bonds. The highest BCUT2D eigenvalue weighted by Crippen LogP contribution is 2.35. The Bertz CT molecular complexity index is 429. The van der Waals surface area contributed by atoms with Gasteiger partial charge in [-0.1, -0.05) is 30.9 Å². The van der Waals surface area contributed by atoms with Crippen LogP contribution in [0.2, 0.25) is 0 Å². The van der Waals surface area contributed by atoms with Gasteiger partial charge < -0.3 is 0 Å². The van der Waals surface area contributed by atoms with Crippen molar-refractivity contribution >= 4 is 16.4 Å². The van der Waals surface area contributed by atoms with Crippen LogP contribution in [0.15, 0.2) is 46.7 Å². The molecule has 1 aromatic rings. The molecule has 1 aromatic carbocycles. The summed E-state index contributed by atoms with van der Waals surface area (Å²) in [7, 11) is -1.00. The van der Waals surface area contributed by atoms with Crippen LogP contribution in [0.3, 0.4) is 0 Å². The summed E-state index contributed by atoms with van der Waals surface area (Å²) in [5, 5.41) is 0. The molecule has 1 aliphatic heterocycles. The Kier molecular flexibility index (Phi) is 1.93.